The van der Waals surface area contributed by atoms with Crippen molar-refractivity contribution in [3.05, 3.63) is 65.7 Å². The molecule has 0 saturated carbocycles. The molecule has 2 amide bonds. The highest BCUT2D eigenvalue weighted by molar-refractivity contribution is 5.96. The van der Waals surface area contributed by atoms with E-state index in [-0.39, 0.29) is 17.9 Å². The summed E-state index contributed by atoms with van der Waals surface area (Å²) in [5, 5.41) is 3.01. The van der Waals surface area contributed by atoms with Gasteiger partial charge < -0.3 is 10.2 Å². The molecular weight excluding hydrogens is 312 g/mol. The first kappa shape index (κ1) is 17.2. The van der Waals surface area contributed by atoms with Gasteiger partial charge in [0.1, 0.15) is 0 Å². The van der Waals surface area contributed by atoms with Crippen LogP contribution < -0.4 is 10.2 Å². The maximum Gasteiger partial charge on any atom is 0.229 e. The Morgan fingerprint density at radius 2 is 1.84 bits per heavy atom. The quantitative estimate of drug-likeness (QED) is 0.880. The van der Waals surface area contributed by atoms with Gasteiger partial charge >= 0.3 is 0 Å². The third-order valence-corrected chi connectivity index (χ3v) is 4.55. The number of carbonyl (C=O) groups is 2. The van der Waals surface area contributed by atoms with Crippen LogP contribution in [0.1, 0.15) is 30.4 Å². The molecular formula is C21H24N2O2. The largest absolute Gasteiger partial charge is 0.351 e. The van der Waals surface area contributed by atoms with E-state index in [0.29, 0.717) is 19.4 Å². The fourth-order valence-electron chi connectivity index (χ4n) is 3.18. The monoisotopic (exact) mass is 336 g/mol. The van der Waals surface area contributed by atoms with Gasteiger partial charge in [-0.3, -0.25) is 9.59 Å². The van der Waals surface area contributed by atoms with Gasteiger partial charge in [0.05, 0.1) is 6.04 Å². The van der Waals surface area contributed by atoms with Crippen LogP contribution >= 0.6 is 0 Å². The summed E-state index contributed by atoms with van der Waals surface area (Å²) in [7, 11) is 0. The molecule has 3 rings (SSSR count). The fraction of sp³-hybridized carbons (Fsp3) is 0.333. The Hall–Kier alpha value is -2.62. The zero-order valence-electron chi connectivity index (χ0n) is 14.6. The van der Waals surface area contributed by atoms with E-state index < -0.39 is 0 Å². The number of hydrogen-bond acceptors (Lipinski definition) is 2. The highest BCUT2D eigenvalue weighted by atomic mass is 16.2. The van der Waals surface area contributed by atoms with Crippen LogP contribution in [0, 0.1) is 6.92 Å². The van der Waals surface area contributed by atoms with E-state index in [2.05, 4.69) is 17.4 Å². The van der Waals surface area contributed by atoms with Crippen molar-refractivity contribution in [2.75, 3.05) is 11.4 Å². The van der Waals surface area contributed by atoms with Gasteiger partial charge in [0.15, 0.2) is 0 Å². The minimum Gasteiger partial charge on any atom is -0.351 e. The van der Waals surface area contributed by atoms with Crippen LogP contribution in [0.15, 0.2) is 54.6 Å². The molecule has 0 aromatic heterocycles. The fourth-order valence-corrected chi connectivity index (χ4v) is 3.18. The number of nitrogens with one attached hydrogen (secondary N) is 1. The summed E-state index contributed by atoms with van der Waals surface area (Å²) < 4.78 is 0. The average molecular weight is 336 g/mol. The van der Waals surface area contributed by atoms with Gasteiger partial charge in [0.2, 0.25) is 11.8 Å². The molecule has 0 aliphatic carbocycles. The second kappa shape index (κ2) is 7.97. The van der Waals surface area contributed by atoms with Gasteiger partial charge in [0.25, 0.3) is 0 Å². The van der Waals surface area contributed by atoms with Crippen LogP contribution in [0.5, 0.6) is 0 Å². The van der Waals surface area contributed by atoms with E-state index >= 15 is 0 Å². The van der Waals surface area contributed by atoms with Gasteiger partial charge in [-0.25, -0.2) is 0 Å². The molecule has 2 aromatic carbocycles. The van der Waals surface area contributed by atoms with Crippen molar-refractivity contribution in [2.45, 2.75) is 38.6 Å². The molecule has 130 valence electrons. The molecule has 0 radical (unpaired) electrons. The zero-order valence-corrected chi connectivity index (χ0v) is 14.6. The maximum absolute atomic E-state index is 12.2. The SMILES string of the molecule is Cc1ccc(N2C[C@@H](NC(=O)CCCc3ccccc3)CC2=O)cc1. The Morgan fingerprint density at radius 3 is 2.56 bits per heavy atom. The van der Waals surface area contributed by atoms with Crippen molar-refractivity contribution in [3.8, 4) is 0 Å². The van der Waals surface area contributed by atoms with Crippen molar-refractivity contribution in [2.24, 2.45) is 0 Å². The van der Waals surface area contributed by atoms with Crippen molar-refractivity contribution < 1.29 is 9.59 Å². The van der Waals surface area contributed by atoms with Crippen molar-refractivity contribution >= 4 is 17.5 Å². The highest BCUT2D eigenvalue weighted by Gasteiger charge is 2.31. The second-order valence-electron chi connectivity index (χ2n) is 6.65. The number of carbonyl (C=O) groups excluding carboxylic acids is 2. The molecule has 0 bridgehead atoms. The lowest BCUT2D eigenvalue weighted by Crippen LogP contribution is -2.37. The topological polar surface area (TPSA) is 49.4 Å². The lowest BCUT2D eigenvalue weighted by atomic mass is 10.1. The van der Waals surface area contributed by atoms with E-state index in [1.807, 2.05) is 49.4 Å². The minimum absolute atomic E-state index is 0.0273. The number of rotatable bonds is 6. The van der Waals surface area contributed by atoms with Crippen LogP contribution in [0.2, 0.25) is 0 Å². The first-order chi connectivity index (χ1) is 12.1. The Morgan fingerprint density at radius 1 is 1.12 bits per heavy atom. The summed E-state index contributed by atoms with van der Waals surface area (Å²) in [6.07, 6.45) is 2.58. The van der Waals surface area contributed by atoms with E-state index in [1.165, 1.54) is 11.1 Å². The van der Waals surface area contributed by atoms with Crippen LogP contribution in [0.4, 0.5) is 5.69 Å². The molecule has 0 unspecified atom stereocenters. The molecule has 2 aromatic rings. The predicted molar refractivity (Wildman–Crippen MR) is 99.5 cm³/mol. The lowest BCUT2D eigenvalue weighted by Gasteiger charge is -2.17. The van der Waals surface area contributed by atoms with Gasteiger partial charge in [-0.05, 0) is 37.5 Å². The van der Waals surface area contributed by atoms with Gasteiger partial charge in [-0.15, -0.1) is 0 Å². The third-order valence-electron chi connectivity index (χ3n) is 4.55. The minimum atomic E-state index is -0.0990. The molecule has 4 heteroatoms. The summed E-state index contributed by atoms with van der Waals surface area (Å²) in [6, 6.07) is 18.0. The van der Waals surface area contributed by atoms with Crippen molar-refractivity contribution in [1.82, 2.24) is 5.32 Å². The molecule has 1 N–H and O–H groups in total. The third kappa shape index (κ3) is 4.69. The normalized spacial score (nSPS) is 16.9. The average Bonchev–Trinajstić information content (AvgIpc) is 2.96. The molecule has 25 heavy (non-hydrogen) atoms. The molecule has 1 aliphatic heterocycles. The van der Waals surface area contributed by atoms with Crippen LogP contribution in [-0.4, -0.2) is 24.4 Å². The van der Waals surface area contributed by atoms with Gasteiger partial charge in [-0.2, -0.15) is 0 Å². The van der Waals surface area contributed by atoms with Crippen molar-refractivity contribution in [3.63, 3.8) is 0 Å². The summed E-state index contributed by atoms with van der Waals surface area (Å²) >= 11 is 0. The van der Waals surface area contributed by atoms with Crippen molar-refractivity contribution in [1.29, 1.82) is 0 Å². The maximum atomic E-state index is 12.2. The molecule has 1 atom stereocenters. The Balaban J connectivity index is 1.46. The second-order valence-corrected chi connectivity index (χ2v) is 6.65. The van der Waals surface area contributed by atoms with E-state index in [1.54, 1.807) is 4.90 Å². The first-order valence-corrected chi connectivity index (χ1v) is 8.82. The Labute approximate surface area is 148 Å². The van der Waals surface area contributed by atoms with Crippen LogP contribution in [-0.2, 0) is 16.0 Å². The number of anilines is 1. The predicted octanol–water partition coefficient (Wildman–Crippen LogP) is 3.24. The molecule has 1 fully saturated rings. The summed E-state index contributed by atoms with van der Waals surface area (Å²) in [5.74, 6) is 0.0953. The highest BCUT2D eigenvalue weighted by Crippen LogP contribution is 2.22. The summed E-state index contributed by atoms with van der Waals surface area (Å²) in [4.78, 5) is 26.1. The Kier molecular flexibility index (Phi) is 5.49. The van der Waals surface area contributed by atoms with E-state index in [9.17, 15) is 9.59 Å². The lowest BCUT2D eigenvalue weighted by molar-refractivity contribution is -0.121. The van der Waals surface area contributed by atoms with Crippen LogP contribution in [0.25, 0.3) is 0 Å². The first-order valence-electron chi connectivity index (χ1n) is 8.82. The standard InChI is InChI=1S/C21H24N2O2/c1-16-10-12-19(13-11-16)23-15-18(14-21(23)25)22-20(24)9-5-8-17-6-3-2-4-7-17/h2-4,6-7,10-13,18H,5,8-9,14-15H2,1H3,(H,22,24)/t18-/m0/s1. The summed E-state index contributed by atoms with van der Waals surface area (Å²) in [5.41, 5.74) is 3.31. The smallest absolute Gasteiger partial charge is 0.229 e. The van der Waals surface area contributed by atoms with Gasteiger partial charge in [0, 0.05) is 25.1 Å². The Bertz CT molecular complexity index is 725. The molecule has 4 nitrogen and oxygen atoms in total. The van der Waals surface area contributed by atoms with E-state index in [0.717, 1.165) is 18.5 Å². The number of aryl methyl sites for hydroxylation is 2. The molecule has 1 aliphatic rings. The van der Waals surface area contributed by atoms with Gasteiger partial charge in [-0.1, -0.05) is 48.0 Å². The zero-order chi connectivity index (χ0) is 17.6. The number of nitrogens with zero attached hydrogens (tertiary/aromatic N) is 1. The number of amides is 2. The molecule has 1 heterocycles. The number of hydrogen-bond donors (Lipinski definition) is 1. The van der Waals surface area contributed by atoms with Crippen LogP contribution in [0.3, 0.4) is 0 Å². The molecule has 0 spiro atoms. The molecule has 1 saturated heterocycles. The summed E-state index contributed by atoms with van der Waals surface area (Å²) in [6.45, 7) is 2.57. The number of benzene rings is 2. The van der Waals surface area contributed by atoms with E-state index in [4.69, 9.17) is 0 Å².